The van der Waals surface area contributed by atoms with Crippen molar-refractivity contribution in [2.24, 2.45) is 0 Å². The molecule has 1 aliphatic rings. The number of nitrogens with zero attached hydrogens (tertiary/aromatic N) is 1. The van der Waals surface area contributed by atoms with Crippen LogP contribution in [0.1, 0.15) is 6.42 Å². The Morgan fingerprint density at radius 2 is 2.18 bits per heavy atom. The SMILES string of the molecule is COc1c(F)cc(F)cc1N1CC(O)CC1=O. The third-order valence-electron chi connectivity index (χ3n) is 2.59. The van der Waals surface area contributed by atoms with Crippen LogP contribution in [0.3, 0.4) is 0 Å². The van der Waals surface area contributed by atoms with E-state index in [0.717, 1.165) is 11.0 Å². The quantitative estimate of drug-likeness (QED) is 0.845. The van der Waals surface area contributed by atoms with Gasteiger partial charge in [0, 0.05) is 12.1 Å². The monoisotopic (exact) mass is 243 g/mol. The highest BCUT2D eigenvalue weighted by Gasteiger charge is 2.32. The van der Waals surface area contributed by atoms with E-state index in [1.807, 2.05) is 0 Å². The minimum absolute atomic E-state index is 0.00606. The Labute approximate surface area is 96.4 Å². The van der Waals surface area contributed by atoms with Crippen LogP contribution in [-0.4, -0.2) is 30.8 Å². The average Bonchev–Trinajstić information content (AvgIpc) is 2.56. The van der Waals surface area contributed by atoms with Crippen LogP contribution >= 0.6 is 0 Å². The van der Waals surface area contributed by atoms with Crippen LogP contribution in [0, 0.1) is 11.6 Å². The van der Waals surface area contributed by atoms with Crippen molar-refractivity contribution in [3.05, 3.63) is 23.8 Å². The maximum atomic E-state index is 13.4. The summed E-state index contributed by atoms with van der Waals surface area (Å²) in [6.45, 7) is 0.0120. The Bertz CT molecular complexity index is 464. The van der Waals surface area contributed by atoms with Crippen molar-refractivity contribution in [2.75, 3.05) is 18.6 Å². The number of amides is 1. The van der Waals surface area contributed by atoms with Crippen LogP contribution in [0.15, 0.2) is 12.1 Å². The predicted octanol–water partition coefficient (Wildman–Crippen LogP) is 1.07. The number of hydrogen-bond donors (Lipinski definition) is 1. The van der Waals surface area contributed by atoms with Crippen molar-refractivity contribution in [1.82, 2.24) is 0 Å². The Balaban J connectivity index is 2.47. The van der Waals surface area contributed by atoms with Crippen LogP contribution in [0.5, 0.6) is 5.75 Å². The normalized spacial score (nSPS) is 19.9. The van der Waals surface area contributed by atoms with Crippen LogP contribution in [0.4, 0.5) is 14.5 Å². The number of benzene rings is 1. The molecule has 1 saturated heterocycles. The van der Waals surface area contributed by atoms with Gasteiger partial charge in [-0.05, 0) is 0 Å². The van der Waals surface area contributed by atoms with Gasteiger partial charge in [-0.15, -0.1) is 0 Å². The summed E-state index contributed by atoms with van der Waals surface area (Å²) in [6, 6.07) is 1.69. The fourth-order valence-corrected chi connectivity index (χ4v) is 1.87. The molecule has 0 aromatic heterocycles. The Morgan fingerprint density at radius 3 is 2.71 bits per heavy atom. The maximum absolute atomic E-state index is 13.4. The smallest absolute Gasteiger partial charge is 0.229 e. The van der Waals surface area contributed by atoms with Gasteiger partial charge in [-0.25, -0.2) is 8.78 Å². The molecule has 6 heteroatoms. The molecule has 1 N–H and O–H groups in total. The molecule has 0 aliphatic carbocycles. The summed E-state index contributed by atoms with van der Waals surface area (Å²) in [7, 11) is 1.23. The first kappa shape index (κ1) is 11.8. The second-order valence-corrected chi connectivity index (χ2v) is 3.80. The molecule has 1 atom stereocenters. The van der Waals surface area contributed by atoms with Gasteiger partial charge in [-0.1, -0.05) is 0 Å². The molecule has 0 radical (unpaired) electrons. The Morgan fingerprint density at radius 1 is 1.47 bits per heavy atom. The van der Waals surface area contributed by atoms with Crippen molar-refractivity contribution in [3.8, 4) is 5.75 Å². The largest absolute Gasteiger partial charge is 0.492 e. The number of ether oxygens (including phenoxy) is 1. The number of carbonyl (C=O) groups excluding carboxylic acids is 1. The summed E-state index contributed by atoms with van der Waals surface area (Å²) in [5, 5.41) is 9.34. The number of methoxy groups -OCH3 is 1. The zero-order valence-electron chi connectivity index (χ0n) is 9.11. The van der Waals surface area contributed by atoms with Gasteiger partial charge in [0.15, 0.2) is 11.6 Å². The molecular weight excluding hydrogens is 232 g/mol. The van der Waals surface area contributed by atoms with E-state index in [4.69, 9.17) is 4.74 Å². The van der Waals surface area contributed by atoms with Gasteiger partial charge >= 0.3 is 0 Å². The van der Waals surface area contributed by atoms with E-state index in [1.165, 1.54) is 7.11 Å². The van der Waals surface area contributed by atoms with Crippen LogP contribution in [0.2, 0.25) is 0 Å². The number of aliphatic hydroxyl groups excluding tert-OH is 1. The predicted molar refractivity (Wildman–Crippen MR) is 55.9 cm³/mol. The Hall–Kier alpha value is -1.69. The van der Waals surface area contributed by atoms with Gasteiger partial charge in [0.05, 0.1) is 31.9 Å². The maximum Gasteiger partial charge on any atom is 0.229 e. The lowest BCUT2D eigenvalue weighted by Gasteiger charge is -2.19. The highest BCUT2D eigenvalue weighted by Crippen LogP contribution is 2.34. The standard InChI is InChI=1S/C11H11F2NO3/c1-17-11-8(13)2-6(12)3-9(11)14-5-7(15)4-10(14)16/h2-3,7,15H,4-5H2,1H3. The summed E-state index contributed by atoms with van der Waals surface area (Å²) in [5.74, 6) is -2.26. The second kappa shape index (κ2) is 4.29. The van der Waals surface area contributed by atoms with Crippen molar-refractivity contribution >= 4 is 11.6 Å². The summed E-state index contributed by atoms with van der Waals surface area (Å²) >= 11 is 0. The molecule has 1 fully saturated rings. The van der Waals surface area contributed by atoms with Gasteiger partial charge < -0.3 is 14.7 Å². The van der Waals surface area contributed by atoms with Crippen molar-refractivity contribution in [1.29, 1.82) is 0 Å². The number of anilines is 1. The van der Waals surface area contributed by atoms with Gasteiger partial charge in [-0.3, -0.25) is 4.79 Å². The molecule has 2 rings (SSSR count). The summed E-state index contributed by atoms with van der Waals surface area (Å²) in [6.07, 6.45) is -0.875. The molecule has 1 unspecified atom stereocenters. The molecule has 1 aromatic carbocycles. The summed E-state index contributed by atoms with van der Waals surface area (Å²) in [4.78, 5) is 12.7. The molecule has 1 amide bonds. The lowest BCUT2D eigenvalue weighted by molar-refractivity contribution is -0.117. The number of rotatable bonds is 2. The van der Waals surface area contributed by atoms with Gasteiger partial charge in [0.1, 0.15) is 5.82 Å². The number of hydrogen-bond acceptors (Lipinski definition) is 3. The minimum atomic E-state index is -0.878. The van der Waals surface area contributed by atoms with Crippen LogP contribution in [0.25, 0.3) is 0 Å². The summed E-state index contributed by atoms with van der Waals surface area (Å²) < 4.78 is 31.4. The highest BCUT2D eigenvalue weighted by molar-refractivity contribution is 5.97. The van der Waals surface area contributed by atoms with E-state index in [9.17, 15) is 18.7 Å². The van der Waals surface area contributed by atoms with Crippen molar-refractivity contribution in [3.63, 3.8) is 0 Å². The number of aliphatic hydroxyl groups is 1. The van der Waals surface area contributed by atoms with Crippen molar-refractivity contribution in [2.45, 2.75) is 12.5 Å². The van der Waals surface area contributed by atoms with E-state index in [2.05, 4.69) is 0 Å². The molecule has 0 bridgehead atoms. The second-order valence-electron chi connectivity index (χ2n) is 3.80. The molecule has 1 heterocycles. The molecule has 1 aliphatic heterocycles. The summed E-state index contributed by atoms with van der Waals surface area (Å²) in [5.41, 5.74) is 0.00606. The zero-order chi connectivity index (χ0) is 12.6. The fraction of sp³-hybridized carbons (Fsp3) is 0.364. The lowest BCUT2D eigenvalue weighted by Crippen LogP contribution is -2.26. The third-order valence-corrected chi connectivity index (χ3v) is 2.59. The molecule has 4 nitrogen and oxygen atoms in total. The fourth-order valence-electron chi connectivity index (χ4n) is 1.87. The molecule has 0 saturated carbocycles. The lowest BCUT2D eigenvalue weighted by atomic mass is 10.2. The van der Waals surface area contributed by atoms with Gasteiger partial charge in [0.25, 0.3) is 0 Å². The van der Waals surface area contributed by atoms with E-state index in [0.29, 0.717) is 6.07 Å². The molecule has 92 valence electrons. The van der Waals surface area contributed by atoms with E-state index in [1.54, 1.807) is 0 Å². The first-order chi connectivity index (χ1) is 8.02. The zero-order valence-corrected chi connectivity index (χ0v) is 9.11. The number of halogens is 2. The molecule has 0 spiro atoms. The first-order valence-corrected chi connectivity index (χ1v) is 5.04. The highest BCUT2D eigenvalue weighted by atomic mass is 19.1. The minimum Gasteiger partial charge on any atom is -0.492 e. The van der Waals surface area contributed by atoms with E-state index >= 15 is 0 Å². The number of carbonyl (C=O) groups is 1. The molecule has 1 aromatic rings. The van der Waals surface area contributed by atoms with E-state index < -0.39 is 17.7 Å². The van der Waals surface area contributed by atoms with Gasteiger partial charge in [0.2, 0.25) is 5.91 Å². The average molecular weight is 243 g/mol. The Kier molecular flexibility index (Phi) is 2.97. The van der Waals surface area contributed by atoms with Crippen LogP contribution in [-0.2, 0) is 4.79 Å². The number of β-amino-alcohol motifs (C(OH)–C–C–N with tert-alkyl or cyclic N) is 1. The van der Waals surface area contributed by atoms with E-state index in [-0.39, 0.29) is 30.3 Å². The first-order valence-electron chi connectivity index (χ1n) is 5.04. The van der Waals surface area contributed by atoms with Crippen LogP contribution < -0.4 is 9.64 Å². The topological polar surface area (TPSA) is 49.8 Å². The molecular formula is C11H11F2NO3. The molecule has 17 heavy (non-hydrogen) atoms. The van der Waals surface area contributed by atoms with Crippen molar-refractivity contribution < 1.29 is 23.4 Å². The van der Waals surface area contributed by atoms with Gasteiger partial charge in [-0.2, -0.15) is 0 Å². The third kappa shape index (κ3) is 2.08.